The summed E-state index contributed by atoms with van der Waals surface area (Å²) >= 11 is 0. The second kappa shape index (κ2) is 7.13. The topological polar surface area (TPSA) is 169 Å². The van der Waals surface area contributed by atoms with Gasteiger partial charge >= 0.3 is 7.82 Å². The number of amides is 1. The number of hydrogen-bond donors (Lipinski definition) is 6. The lowest BCUT2D eigenvalue weighted by Gasteiger charge is -2.26. The van der Waals surface area contributed by atoms with E-state index in [1.54, 1.807) is 0 Å². The van der Waals surface area contributed by atoms with Gasteiger partial charge in [-0.2, -0.15) is 0 Å². The zero-order chi connectivity index (χ0) is 18.1. The molecule has 2 unspecified atom stereocenters. The Kier molecular flexibility index (Phi) is 5.58. The number of aliphatic hydroxyl groups is 2. The summed E-state index contributed by atoms with van der Waals surface area (Å²) in [6.07, 6.45) is -1.94. The summed E-state index contributed by atoms with van der Waals surface area (Å²) in [6.45, 7) is 2.83. The zero-order valence-corrected chi connectivity index (χ0v) is 13.1. The number of carbonyl (C=O) groups excluding carboxylic acids is 1. The van der Waals surface area contributed by atoms with Crippen LogP contribution in [0.15, 0.2) is 36.2 Å². The first-order chi connectivity index (χ1) is 11.1. The fourth-order valence-electron chi connectivity index (χ4n) is 2.23. The second-order valence-electron chi connectivity index (χ2n) is 5.10. The lowest BCUT2D eigenvalue weighted by Crippen LogP contribution is -2.44. The number of nitrogens with one attached hydrogen (secondary N) is 1. The molecule has 24 heavy (non-hydrogen) atoms. The number of nitrogens with zero attached hydrogens (tertiary/aromatic N) is 1. The van der Waals surface area contributed by atoms with Crippen LogP contribution in [0.4, 0.5) is 0 Å². The molecule has 0 aromatic rings. The average Bonchev–Trinajstić information content (AvgIpc) is 2.69. The van der Waals surface area contributed by atoms with E-state index >= 15 is 0 Å². The van der Waals surface area contributed by atoms with Crippen molar-refractivity contribution in [3.05, 3.63) is 36.2 Å². The van der Waals surface area contributed by atoms with Crippen molar-refractivity contribution in [1.29, 1.82) is 0 Å². The molecular formula is C12H17N2O9P. The van der Waals surface area contributed by atoms with Crippen LogP contribution in [0.25, 0.3) is 0 Å². The van der Waals surface area contributed by atoms with Gasteiger partial charge in [-0.15, -0.1) is 0 Å². The van der Waals surface area contributed by atoms with E-state index in [4.69, 9.17) is 19.7 Å². The number of phosphoric acid groups is 1. The highest BCUT2D eigenvalue weighted by Gasteiger charge is 2.47. The quantitative estimate of drug-likeness (QED) is 0.188. The fraction of sp³-hybridized carbons (Fsp3) is 0.417. The van der Waals surface area contributed by atoms with Crippen molar-refractivity contribution in [2.24, 2.45) is 0 Å². The fourth-order valence-corrected chi connectivity index (χ4v) is 2.57. The molecule has 0 bridgehead atoms. The van der Waals surface area contributed by atoms with Gasteiger partial charge in [0.1, 0.15) is 18.3 Å². The van der Waals surface area contributed by atoms with Gasteiger partial charge in [-0.25, -0.2) is 4.57 Å². The first-order valence-corrected chi connectivity index (χ1v) is 8.20. The van der Waals surface area contributed by atoms with Crippen molar-refractivity contribution in [3.63, 3.8) is 0 Å². The first-order valence-electron chi connectivity index (χ1n) is 6.67. The number of carbonyl (C=O) groups is 1. The number of rotatable bonds is 5. The molecule has 2 rings (SSSR count). The van der Waals surface area contributed by atoms with Crippen LogP contribution < -0.4 is 5.48 Å². The Labute approximate surface area is 136 Å². The first kappa shape index (κ1) is 18.8. The predicted octanol–water partition coefficient (Wildman–Crippen LogP) is -1.68. The van der Waals surface area contributed by atoms with E-state index in [9.17, 15) is 19.6 Å². The van der Waals surface area contributed by atoms with Gasteiger partial charge in [0.2, 0.25) is 0 Å². The Bertz CT molecular complexity index is 628. The van der Waals surface area contributed by atoms with E-state index in [0.717, 1.165) is 4.90 Å². The molecule has 1 saturated heterocycles. The molecule has 1 amide bonds. The summed E-state index contributed by atoms with van der Waals surface area (Å²) in [5.74, 6) is -0.663. The number of phosphoric ester groups is 1. The maximum Gasteiger partial charge on any atom is 0.469 e. The van der Waals surface area contributed by atoms with E-state index in [2.05, 4.69) is 11.1 Å². The van der Waals surface area contributed by atoms with Gasteiger partial charge in [-0.05, 0) is 12.2 Å². The summed E-state index contributed by atoms with van der Waals surface area (Å²) in [5.41, 5.74) is 1.97. The van der Waals surface area contributed by atoms with Crippen LogP contribution >= 0.6 is 7.82 Å². The largest absolute Gasteiger partial charge is 0.469 e. The van der Waals surface area contributed by atoms with Crippen molar-refractivity contribution in [2.75, 3.05) is 6.61 Å². The maximum absolute atomic E-state index is 12.3. The molecule has 1 fully saturated rings. The van der Waals surface area contributed by atoms with Crippen molar-refractivity contribution in [1.82, 2.24) is 10.4 Å². The normalized spacial score (nSPS) is 31.2. The molecule has 0 radical (unpaired) electrons. The van der Waals surface area contributed by atoms with Gasteiger partial charge in [0, 0.05) is 11.8 Å². The van der Waals surface area contributed by atoms with E-state index < -0.39 is 44.9 Å². The minimum Gasteiger partial charge on any atom is -0.387 e. The zero-order valence-electron chi connectivity index (χ0n) is 12.2. The van der Waals surface area contributed by atoms with Crippen LogP contribution in [0.5, 0.6) is 0 Å². The second-order valence-corrected chi connectivity index (χ2v) is 6.34. The lowest BCUT2D eigenvalue weighted by molar-refractivity contribution is -0.141. The van der Waals surface area contributed by atoms with Crippen LogP contribution in [0.3, 0.4) is 0 Å². The SMILES string of the molecule is C=C1C=C(NO)C=CN(C2OC(COP(=O)(O)O)[C@@H](O)[C@H]2O)C1=O. The predicted molar refractivity (Wildman–Crippen MR) is 76.8 cm³/mol. The Morgan fingerprint density at radius 1 is 1.38 bits per heavy atom. The summed E-state index contributed by atoms with van der Waals surface area (Å²) in [5, 5.41) is 28.9. The average molecular weight is 364 g/mol. The molecule has 0 aliphatic carbocycles. The molecule has 0 spiro atoms. The third kappa shape index (κ3) is 4.09. The molecule has 2 heterocycles. The number of hydrogen-bond acceptors (Lipinski definition) is 8. The summed E-state index contributed by atoms with van der Waals surface area (Å²) in [7, 11) is -4.78. The van der Waals surface area contributed by atoms with E-state index in [1.165, 1.54) is 18.4 Å². The molecule has 2 aliphatic heterocycles. The van der Waals surface area contributed by atoms with Crippen LogP contribution in [0.2, 0.25) is 0 Å². The van der Waals surface area contributed by atoms with Gasteiger partial charge in [-0.3, -0.25) is 24.9 Å². The van der Waals surface area contributed by atoms with Crippen molar-refractivity contribution < 1.29 is 43.8 Å². The summed E-state index contributed by atoms with van der Waals surface area (Å²) < 4.78 is 20.3. The number of ether oxygens (including phenoxy) is 1. The highest BCUT2D eigenvalue weighted by atomic mass is 31.2. The molecule has 2 aliphatic rings. The molecule has 0 saturated carbocycles. The van der Waals surface area contributed by atoms with Crippen molar-refractivity contribution in [2.45, 2.75) is 24.5 Å². The van der Waals surface area contributed by atoms with Crippen molar-refractivity contribution in [3.8, 4) is 0 Å². The molecule has 0 aromatic carbocycles. The summed E-state index contributed by atoms with van der Waals surface area (Å²) in [4.78, 5) is 30.6. The van der Waals surface area contributed by atoms with E-state index in [-0.39, 0.29) is 11.3 Å². The third-order valence-corrected chi connectivity index (χ3v) is 3.89. The molecule has 12 heteroatoms. The summed E-state index contributed by atoms with van der Waals surface area (Å²) in [6, 6.07) is 0. The number of allylic oxidation sites excluding steroid dienone is 1. The highest BCUT2D eigenvalue weighted by molar-refractivity contribution is 7.46. The monoisotopic (exact) mass is 364 g/mol. The van der Waals surface area contributed by atoms with Crippen molar-refractivity contribution >= 4 is 13.7 Å². The van der Waals surface area contributed by atoms with Gasteiger partial charge in [0.15, 0.2) is 6.23 Å². The Balaban J connectivity index is 2.15. The number of hydroxylamine groups is 1. The van der Waals surface area contributed by atoms with Crippen LogP contribution in [-0.2, 0) is 18.6 Å². The maximum atomic E-state index is 12.3. The van der Waals surface area contributed by atoms with Crippen LogP contribution in [0, 0.1) is 0 Å². The lowest BCUT2D eigenvalue weighted by atomic mass is 10.1. The van der Waals surface area contributed by atoms with Gasteiger partial charge in [-0.1, -0.05) is 6.58 Å². The molecule has 134 valence electrons. The van der Waals surface area contributed by atoms with Gasteiger partial charge in [0.25, 0.3) is 5.91 Å². The van der Waals surface area contributed by atoms with E-state index in [0.29, 0.717) is 0 Å². The molecule has 4 atom stereocenters. The van der Waals surface area contributed by atoms with Gasteiger partial charge < -0.3 is 24.7 Å². The van der Waals surface area contributed by atoms with Gasteiger partial charge in [0.05, 0.1) is 12.3 Å². The minimum absolute atomic E-state index is 0.0308. The molecule has 6 N–H and O–H groups in total. The highest BCUT2D eigenvalue weighted by Crippen LogP contribution is 2.37. The Morgan fingerprint density at radius 3 is 2.62 bits per heavy atom. The smallest absolute Gasteiger partial charge is 0.387 e. The minimum atomic E-state index is -4.78. The standard InChI is InChI=1S/C12H17N2O9P/c1-6-4-7(13-18)2-3-14(11(6)17)12-10(16)9(15)8(23-12)5-22-24(19,20)21/h2-4,8-10,12-13,15-16,18H,1,5H2,(H2,19,20,21)/t8?,9-,10-,12?/m1/s1. The Morgan fingerprint density at radius 2 is 2.04 bits per heavy atom. The molecular weight excluding hydrogens is 347 g/mol. The molecule has 0 aromatic heterocycles. The van der Waals surface area contributed by atoms with E-state index in [1.807, 2.05) is 5.48 Å². The molecule has 11 nitrogen and oxygen atoms in total. The number of aliphatic hydroxyl groups excluding tert-OH is 2. The van der Waals surface area contributed by atoms with Crippen LogP contribution in [-0.4, -0.2) is 67.2 Å². The van der Waals surface area contributed by atoms with Crippen LogP contribution in [0.1, 0.15) is 0 Å². The Hall–Kier alpha value is -1.56. The third-order valence-electron chi connectivity index (χ3n) is 3.40.